The van der Waals surface area contributed by atoms with E-state index in [-0.39, 0.29) is 29.6 Å². The molecule has 222 valence electrons. The fraction of sp³-hybridized carbons (Fsp3) is 0.355. The van der Waals surface area contributed by atoms with Gasteiger partial charge in [0.25, 0.3) is 0 Å². The molecule has 5 rings (SSSR count). The highest BCUT2D eigenvalue weighted by Crippen LogP contribution is 2.47. The third kappa shape index (κ3) is 7.09. The molecule has 42 heavy (non-hydrogen) atoms. The van der Waals surface area contributed by atoms with Crippen LogP contribution < -0.4 is 20.3 Å². The van der Waals surface area contributed by atoms with Crippen LogP contribution in [0, 0.1) is 5.92 Å². The lowest BCUT2D eigenvalue weighted by Gasteiger charge is -2.39. The van der Waals surface area contributed by atoms with Gasteiger partial charge >= 0.3 is 0 Å². The predicted molar refractivity (Wildman–Crippen MR) is 167 cm³/mol. The molecule has 0 spiro atoms. The number of para-hydroxylation sites is 1. The summed E-state index contributed by atoms with van der Waals surface area (Å²) >= 11 is 12.2. The molecular weight excluding hydrogens is 595 g/mol. The molecule has 3 aromatic rings. The Morgan fingerprint density at radius 3 is 2.36 bits per heavy atom. The highest BCUT2D eigenvalue weighted by Gasteiger charge is 2.39. The fourth-order valence-corrected chi connectivity index (χ4v) is 7.84. The van der Waals surface area contributed by atoms with Gasteiger partial charge < -0.3 is 16.0 Å². The smallest absolute Gasteiger partial charge is 0.239 e. The summed E-state index contributed by atoms with van der Waals surface area (Å²) in [4.78, 5) is 25.7. The Bertz CT molecular complexity index is 1560. The second-order valence-corrected chi connectivity index (χ2v) is 13.4. The molecule has 0 aliphatic carbocycles. The number of amides is 2. The minimum Gasteiger partial charge on any atom is -0.355 e. The van der Waals surface area contributed by atoms with Gasteiger partial charge in [0.2, 0.25) is 21.8 Å². The molecule has 0 bridgehead atoms. The van der Waals surface area contributed by atoms with Gasteiger partial charge in [-0.3, -0.25) is 13.9 Å². The molecule has 2 amide bonds. The molecule has 2 aliphatic rings. The zero-order chi connectivity index (χ0) is 29.7. The van der Waals surface area contributed by atoms with Crippen molar-refractivity contribution in [3.05, 3.63) is 87.9 Å². The molecule has 2 heterocycles. The van der Waals surface area contributed by atoms with Crippen LogP contribution in [0.4, 0.5) is 5.69 Å². The highest BCUT2D eigenvalue weighted by molar-refractivity contribution is 7.92. The SMILES string of the molecule is O=C(CNC(=O)CC1c2ccccc2-c2ccccc2N1S(=O)(=O)Cc1ccc(Cl)c(Cl)c1)NCCC1CCNCC1. The maximum Gasteiger partial charge on any atom is 0.239 e. The van der Waals surface area contributed by atoms with Crippen LogP contribution >= 0.6 is 23.2 Å². The van der Waals surface area contributed by atoms with Gasteiger partial charge in [0.05, 0.1) is 40.5 Å². The maximum atomic E-state index is 14.1. The van der Waals surface area contributed by atoms with E-state index in [9.17, 15) is 18.0 Å². The monoisotopic (exact) mass is 628 g/mol. The second-order valence-electron chi connectivity index (χ2n) is 10.7. The molecule has 0 saturated carbocycles. The number of carbonyl (C=O) groups is 2. The number of rotatable bonds is 10. The van der Waals surface area contributed by atoms with Crippen LogP contribution in [0.2, 0.25) is 10.0 Å². The maximum absolute atomic E-state index is 14.1. The average molecular weight is 630 g/mol. The molecule has 1 fully saturated rings. The third-order valence-corrected chi connectivity index (χ3v) is 10.3. The van der Waals surface area contributed by atoms with Gasteiger partial charge in [-0.25, -0.2) is 8.42 Å². The summed E-state index contributed by atoms with van der Waals surface area (Å²) in [6.45, 7) is 2.40. The molecule has 1 atom stereocenters. The third-order valence-electron chi connectivity index (χ3n) is 7.83. The van der Waals surface area contributed by atoms with Gasteiger partial charge in [0.15, 0.2) is 0 Å². The summed E-state index contributed by atoms with van der Waals surface area (Å²) in [5, 5.41) is 9.51. The van der Waals surface area contributed by atoms with Gasteiger partial charge in [0, 0.05) is 12.1 Å². The predicted octanol–water partition coefficient (Wildman–Crippen LogP) is 5.06. The molecule has 0 radical (unpaired) electrons. The van der Waals surface area contributed by atoms with E-state index in [0.29, 0.717) is 28.7 Å². The minimum absolute atomic E-state index is 0.158. The van der Waals surface area contributed by atoms with Crippen LogP contribution in [0.15, 0.2) is 66.7 Å². The summed E-state index contributed by atoms with van der Waals surface area (Å²) in [7, 11) is -4.00. The number of sulfonamides is 1. The van der Waals surface area contributed by atoms with Crippen molar-refractivity contribution in [2.24, 2.45) is 5.92 Å². The molecule has 3 aromatic carbocycles. The van der Waals surface area contributed by atoms with Gasteiger partial charge in [-0.2, -0.15) is 0 Å². The number of halogens is 2. The number of hydrogen-bond donors (Lipinski definition) is 3. The minimum atomic E-state index is -4.00. The Balaban J connectivity index is 1.33. The lowest BCUT2D eigenvalue weighted by molar-refractivity contribution is -0.126. The first kappa shape index (κ1) is 30.4. The van der Waals surface area contributed by atoms with Crippen LogP contribution in [0.5, 0.6) is 0 Å². The number of fused-ring (bicyclic) bond motifs is 3. The number of nitrogens with one attached hydrogen (secondary N) is 3. The molecular formula is C31H34Cl2N4O4S. The van der Waals surface area contributed by atoms with E-state index in [1.54, 1.807) is 24.3 Å². The number of piperidine rings is 1. The largest absolute Gasteiger partial charge is 0.355 e. The summed E-state index contributed by atoms with van der Waals surface area (Å²) in [5.74, 6) is -0.432. The first-order chi connectivity index (χ1) is 20.2. The van der Waals surface area contributed by atoms with E-state index in [2.05, 4.69) is 16.0 Å². The van der Waals surface area contributed by atoms with Crippen LogP contribution in [0.1, 0.15) is 42.9 Å². The molecule has 2 aliphatic heterocycles. The molecule has 3 N–H and O–H groups in total. The van der Waals surface area contributed by atoms with E-state index in [0.717, 1.165) is 49.0 Å². The second kappa shape index (κ2) is 13.5. The number of carbonyl (C=O) groups excluding carboxylic acids is 2. The van der Waals surface area contributed by atoms with Gasteiger partial charge in [-0.15, -0.1) is 0 Å². The van der Waals surface area contributed by atoms with E-state index in [1.165, 1.54) is 10.4 Å². The van der Waals surface area contributed by atoms with Crippen molar-refractivity contribution in [2.75, 3.05) is 30.5 Å². The molecule has 1 saturated heterocycles. The van der Waals surface area contributed by atoms with Crippen molar-refractivity contribution in [1.29, 1.82) is 0 Å². The molecule has 11 heteroatoms. The van der Waals surface area contributed by atoms with Crippen LogP contribution in [-0.2, 0) is 25.4 Å². The van der Waals surface area contributed by atoms with Gasteiger partial charge in [0.1, 0.15) is 0 Å². The van der Waals surface area contributed by atoms with Crippen LogP contribution in [-0.4, -0.2) is 46.4 Å². The van der Waals surface area contributed by atoms with Crippen molar-refractivity contribution in [2.45, 2.75) is 37.5 Å². The summed E-state index contributed by atoms with van der Waals surface area (Å²) in [6.07, 6.45) is 2.95. The molecule has 0 aromatic heterocycles. The topological polar surface area (TPSA) is 108 Å². The molecule has 8 nitrogen and oxygen atoms in total. The van der Waals surface area contributed by atoms with Gasteiger partial charge in [-0.05, 0) is 73.2 Å². The Labute approximate surface area is 256 Å². The Morgan fingerprint density at radius 2 is 1.60 bits per heavy atom. The summed E-state index contributed by atoms with van der Waals surface area (Å²) in [5.41, 5.74) is 3.31. The normalized spacial score (nSPS) is 16.8. The summed E-state index contributed by atoms with van der Waals surface area (Å²) in [6, 6.07) is 18.7. The zero-order valence-corrected chi connectivity index (χ0v) is 25.4. The lowest BCUT2D eigenvalue weighted by atomic mass is 9.88. The number of anilines is 1. The van der Waals surface area contributed by atoms with E-state index < -0.39 is 22.0 Å². The van der Waals surface area contributed by atoms with E-state index in [1.807, 2.05) is 36.4 Å². The zero-order valence-electron chi connectivity index (χ0n) is 23.1. The highest BCUT2D eigenvalue weighted by atomic mass is 35.5. The standard InChI is InChI=1S/C31H34Cl2N4O4S/c32-26-10-9-22(17-27(26)33)20-42(40,41)37-28-8-4-3-6-24(28)23-5-1-2-7-25(23)29(37)18-30(38)36-19-31(39)35-16-13-21-11-14-34-15-12-21/h1-10,17,21,29,34H,11-16,18-20H2,(H,35,39)(H,36,38). The Kier molecular flexibility index (Phi) is 9.73. The van der Waals surface area contributed by atoms with Gasteiger partial charge in [-0.1, -0.05) is 71.7 Å². The average Bonchev–Trinajstić information content (AvgIpc) is 2.98. The van der Waals surface area contributed by atoms with E-state index in [4.69, 9.17) is 23.2 Å². The first-order valence-corrected chi connectivity index (χ1v) is 16.5. The quantitative estimate of drug-likeness (QED) is 0.291. The Morgan fingerprint density at radius 1 is 0.881 bits per heavy atom. The molecule has 1 unspecified atom stereocenters. The summed E-state index contributed by atoms with van der Waals surface area (Å²) < 4.78 is 29.5. The number of benzene rings is 3. The number of nitrogens with zero attached hydrogens (tertiary/aromatic N) is 1. The first-order valence-electron chi connectivity index (χ1n) is 14.1. The Hall–Kier alpha value is -3.11. The van der Waals surface area contributed by atoms with Crippen molar-refractivity contribution >= 4 is 50.7 Å². The van der Waals surface area contributed by atoms with Crippen molar-refractivity contribution in [3.8, 4) is 11.1 Å². The van der Waals surface area contributed by atoms with Crippen molar-refractivity contribution < 1.29 is 18.0 Å². The number of hydrogen-bond acceptors (Lipinski definition) is 5. The lowest BCUT2D eigenvalue weighted by Crippen LogP contribution is -2.42. The fourth-order valence-electron chi connectivity index (χ4n) is 5.74. The van der Waals surface area contributed by atoms with Crippen LogP contribution in [0.3, 0.4) is 0 Å². The van der Waals surface area contributed by atoms with Crippen molar-refractivity contribution in [1.82, 2.24) is 16.0 Å². The van der Waals surface area contributed by atoms with Crippen molar-refractivity contribution in [3.63, 3.8) is 0 Å². The van der Waals surface area contributed by atoms with Crippen LogP contribution in [0.25, 0.3) is 11.1 Å². The van der Waals surface area contributed by atoms with E-state index >= 15 is 0 Å².